The molecule has 1 aromatic heterocycles. The molecule has 0 saturated heterocycles. The number of pyridine rings is 1. The molecule has 0 unspecified atom stereocenters. The molecule has 0 aliphatic carbocycles. The molecule has 0 spiro atoms. The highest BCUT2D eigenvalue weighted by molar-refractivity contribution is 9.10. The van der Waals surface area contributed by atoms with Crippen LogP contribution in [0.3, 0.4) is 0 Å². The van der Waals surface area contributed by atoms with Crippen LogP contribution in [0, 0.1) is 0 Å². The fraction of sp³-hybridized carbons (Fsp3) is 0.455. The van der Waals surface area contributed by atoms with E-state index in [1.54, 1.807) is 6.92 Å². The zero-order valence-electron chi connectivity index (χ0n) is 9.55. The van der Waals surface area contributed by atoms with Crippen molar-refractivity contribution in [2.24, 2.45) is 0 Å². The molecule has 0 atom stereocenters. The summed E-state index contributed by atoms with van der Waals surface area (Å²) < 4.78 is 30.4. The second kappa shape index (κ2) is 6.99. The second-order valence-electron chi connectivity index (χ2n) is 3.39. The van der Waals surface area contributed by atoms with Crippen molar-refractivity contribution in [2.75, 3.05) is 6.61 Å². The highest BCUT2D eigenvalue weighted by atomic mass is 79.9. The molecule has 3 nitrogen and oxygen atoms in total. The standard InChI is InChI=1S/C11H11BrClF2NO2/c1-2-18-8(17)4-6-3-7(5-13)16-10(9(6)12)11(14)15/h3,11H,2,4-5H2,1H3. The lowest BCUT2D eigenvalue weighted by Crippen LogP contribution is -2.10. The molecule has 7 heteroatoms. The number of carbonyl (C=O) groups excluding carboxylic acids is 1. The monoisotopic (exact) mass is 341 g/mol. The SMILES string of the molecule is CCOC(=O)Cc1cc(CCl)nc(C(F)F)c1Br. The van der Waals surface area contributed by atoms with Gasteiger partial charge in [-0.1, -0.05) is 0 Å². The first-order valence-corrected chi connectivity index (χ1v) is 6.50. The minimum Gasteiger partial charge on any atom is -0.466 e. The lowest BCUT2D eigenvalue weighted by atomic mass is 10.1. The smallest absolute Gasteiger partial charge is 0.310 e. The molecule has 0 fully saturated rings. The van der Waals surface area contributed by atoms with Crippen LogP contribution in [0.1, 0.15) is 30.3 Å². The Bertz CT molecular complexity index is 443. The van der Waals surface area contributed by atoms with E-state index in [0.717, 1.165) is 0 Å². The summed E-state index contributed by atoms with van der Waals surface area (Å²) in [5.41, 5.74) is 0.288. The Balaban J connectivity index is 3.09. The molecule has 0 N–H and O–H groups in total. The molecule has 0 saturated carbocycles. The third-order valence-electron chi connectivity index (χ3n) is 2.10. The van der Waals surface area contributed by atoms with Crippen molar-refractivity contribution >= 4 is 33.5 Å². The van der Waals surface area contributed by atoms with Gasteiger partial charge >= 0.3 is 5.97 Å². The molecule has 1 rings (SSSR count). The molecule has 100 valence electrons. The van der Waals surface area contributed by atoms with E-state index in [4.69, 9.17) is 16.3 Å². The Morgan fingerprint density at radius 3 is 2.78 bits per heavy atom. The first-order valence-electron chi connectivity index (χ1n) is 5.17. The lowest BCUT2D eigenvalue weighted by Gasteiger charge is -2.10. The van der Waals surface area contributed by atoms with Crippen LogP contribution in [0.25, 0.3) is 0 Å². The van der Waals surface area contributed by atoms with E-state index in [0.29, 0.717) is 11.3 Å². The molecule has 18 heavy (non-hydrogen) atoms. The number of carbonyl (C=O) groups is 1. The summed E-state index contributed by atoms with van der Waals surface area (Å²) in [5, 5.41) is 0. The van der Waals surface area contributed by atoms with Crippen LogP contribution in [0.15, 0.2) is 10.5 Å². The topological polar surface area (TPSA) is 39.2 Å². The third-order valence-corrected chi connectivity index (χ3v) is 3.28. The van der Waals surface area contributed by atoms with Crippen molar-refractivity contribution in [2.45, 2.75) is 25.7 Å². The van der Waals surface area contributed by atoms with Crippen LogP contribution in [-0.2, 0) is 21.8 Å². The maximum Gasteiger partial charge on any atom is 0.310 e. The van der Waals surface area contributed by atoms with E-state index >= 15 is 0 Å². The van der Waals surface area contributed by atoms with Crippen LogP contribution in [0.2, 0.25) is 0 Å². The Morgan fingerprint density at radius 1 is 1.61 bits per heavy atom. The minimum absolute atomic E-state index is 0.00280. The summed E-state index contributed by atoms with van der Waals surface area (Å²) in [6.45, 7) is 1.92. The number of ether oxygens (including phenoxy) is 1. The highest BCUT2D eigenvalue weighted by Crippen LogP contribution is 2.30. The Kier molecular flexibility index (Phi) is 5.95. The molecule has 1 heterocycles. The Hall–Kier alpha value is -0.750. The van der Waals surface area contributed by atoms with Gasteiger partial charge in [-0.15, -0.1) is 11.6 Å². The third kappa shape index (κ3) is 3.88. The van der Waals surface area contributed by atoms with Crippen molar-refractivity contribution in [3.63, 3.8) is 0 Å². The van der Waals surface area contributed by atoms with E-state index in [-0.39, 0.29) is 23.4 Å². The van der Waals surface area contributed by atoms with Crippen LogP contribution >= 0.6 is 27.5 Å². The first kappa shape index (κ1) is 15.3. The molecule has 0 aliphatic heterocycles. The Morgan fingerprint density at radius 2 is 2.28 bits per heavy atom. The number of rotatable bonds is 5. The fourth-order valence-electron chi connectivity index (χ4n) is 1.37. The van der Waals surface area contributed by atoms with Crippen LogP contribution < -0.4 is 0 Å². The zero-order valence-corrected chi connectivity index (χ0v) is 11.9. The minimum atomic E-state index is -2.73. The van der Waals surface area contributed by atoms with Gasteiger partial charge in [0.2, 0.25) is 0 Å². The number of halogens is 4. The van der Waals surface area contributed by atoms with E-state index in [1.165, 1.54) is 6.07 Å². The molecular weight excluding hydrogens is 331 g/mol. The number of esters is 1. The van der Waals surface area contributed by atoms with Gasteiger partial charge in [-0.3, -0.25) is 4.79 Å². The predicted molar refractivity (Wildman–Crippen MR) is 66.8 cm³/mol. The van der Waals surface area contributed by atoms with Crippen molar-refractivity contribution in [1.29, 1.82) is 0 Å². The normalized spacial score (nSPS) is 10.8. The largest absolute Gasteiger partial charge is 0.466 e. The van der Waals surface area contributed by atoms with Gasteiger partial charge < -0.3 is 4.74 Å². The molecule has 0 amide bonds. The van der Waals surface area contributed by atoms with E-state index in [1.807, 2.05) is 0 Å². The van der Waals surface area contributed by atoms with E-state index in [9.17, 15) is 13.6 Å². The van der Waals surface area contributed by atoms with Gasteiger partial charge in [0.25, 0.3) is 6.43 Å². The number of hydrogen-bond acceptors (Lipinski definition) is 3. The molecule has 1 aromatic rings. The van der Waals surface area contributed by atoms with Crippen LogP contribution in [0.5, 0.6) is 0 Å². The lowest BCUT2D eigenvalue weighted by molar-refractivity contribution is -0.142. The summed E-state index contributed by atoms with van der Waals surface area (Å²) in [6.07, 6.45) is -2.83. The van der Waals surface area contributed by atoms with Gasteiger partial charge in [-0.2, -0.15) is 0 Å². The number of aromatic nitrogens is 1. The second-order valence-corrected chi connectivity index (χ2v) is 4.45. The summed E-state index contributed by atoms with van der Waals surface area (Å²) in [6, 6.07) is 1.51. The van der Waals surface area contributed by atoms with Crippen molar-refractivity contribution in [1.82, 2.24) is 4.98 Å². The Labute approximate surface area is 117 Å². The van der Waals surface area contributed by atoms with Gasteiger partial charge in [-0.25, -0.2) is 13.8 Å². The van der Waals surface area contributed by atoms with E-state index < -0.39 is 18.1 Å². The highest BCUT2D eigenvalue weighted by Gasteiger charge is 2.19. The molecule has 0 aromatic carbocycles. The van der Waals surface area contributed by atoms with Crippen LogP contribution in [-0.4, -0.2) is 17.6 Å². The summed E-state index contributed by atoms with van der Waals surface area (Å²) in [4.78, 5) is 15.1. The van der Waals surface area contributed by atoms with E-state index in [2.05, 4.69) is 20.9 Å². The van der Waals surface area contributed by atoms with Gasteiger partial charge in [0.05, 0.1) is 24.6 Å². The first-order chi connectivity index (χ1) is 8.49. The van der Waals surface area contributed by atoms with Gasteiger partial charge in [0.15, 0.2) is 0 Å². The van der Waals surface area contributed by atoms with Gasteiger partial charge in [0.1, 0.15) is 5.69 Å². The van der Waals surface area contributed by atoms with Crippen molar-refractivity contribution < 1.29 is 18.3 Å². The molecule has 0 bridgehead atoms. The number of hydrogen-bond donors (Lipinski definition) is 0. The quantitative estimate of drug-likeness (QED) is 0.606. The summed E-state index contributed by atoms with van der Waals surface area (Å²) in [7, 11) is 0. The maximum absolute atomic E-state index is 12.8. The predicted octanol–water partition coefficient (Wildman–Crippen LogP) is 3.63. The molecule has 0 radical (unpaired) electrons. The van der Waals surface area contributed by atoms with Crippen molar-refractivity contribution in [3.8, 4) is 0 Å². The average Bonchev–Trinajstić information content (AvgIpc) is 2.31. The molecule has 0 aliphatic rings. The zero-order chi connectivity index (χ0) is 13.7. The molecular formula is C11H11BrClF2NO2. The summed E-state index contributed by atoms with van der Waals surface area (Å²) in [5.74, 6) is -0.479. The average molecular weight is 343 g/mol. The van der Waals surface area contributed by atoms with Gasteiger partial charge in [-0.05, 0) is 34.5 Å². The summed E-state index contributed by atoms with van der Waals surface area (Å²) >= 11 is 8.62. The van der Waals surface area contributed by atoms with Gasteiger partial charge in [0, 0.05) is 4.47 Å². The van der Waals surface area contributed by atoms with Crippen LogP contribution in [0.4, 0.5) is 8.78 Å². The fourth-order valence-corrected chi connectivity index (χ4v) is 2.03. The number of alkyl halides is 3. The number of nitrogens with zero attached hydrogens (tertiary/aromatic N) is 1. The maximum atomic E-state index is 12.8. The van der Waals surface area contributed by atoms with Crippen molar-refractivity contribution in [3.05, 3.63) is 27.5 Å².